The van der Waals surface area contributed by atoms with Crippen molar-refractivity contribution in [3.05, 3.63) is 58.3 Å². The Labute approximate surface area is 131 Å². The molecule has 0 fully saturated rings. The van der Waals surface area contributed by atoms with Crippen molar-refractivity contribution in [2.45, 2.75) is 6.36 Å². The zero-order valence-electron chi connectivity index (χ0n) is 10.7. The number of carbonyl (C=O) groups excluding carboxylic acids is 1. The van der Waals surface area contributed by atoms with Crippen molar-refractivity contribution in [2.75, 3.05) is 5.32 Å². The molecule has 2 rings (SSSR count). The molecule has 3 nitrogen and oxygen atoms in total. The first-order chi connectivity index (χ1) is 10.2. The molecule has 22 heavy (non-hydrogen) atoms. The van der Waals surface area contributed by atoms with E-state index in [1.54, 1.807) is 0 Å². The highest BCUT2D eigenvalue weighted by atomic mass is 79.9. The molecule has 0 bridgehead atoms. The SMILES string of the molecule is O=C(Nc1ccc(OC(F)(F)F)cc1)c1cc(F)cc(Br)c1. The fourth-order valence-electron chi connectivity index (χ4n) is 1.63. The van der Waals surface area contributed by atoms with Crippen LogP contribution in [-0.2, 0) is 0 Å². The van der Waals surface area contributed by atoms with E-state index >= 15 is 0 Å². The number of carbonyl (C=O) groups is 1. The van der Waals surface area contributed by atoms with E-state index in [1.807, 2.05) is 0 Å². The molecule has 0 heterocycles. The molecule has 0 aliphatic rings. The Morgan fingerprint density at radius 2 is 1.73 bits per heavy atom. The van der Waals surface area contributed by atoms with Crippen LogP contribution in [-0.4, -0.2) is 12.3 Å². The third-order valence-corrected chi connectivity index (χ3v) is 2.93. The molecule has 116 valence electrons. The number of amides is 1. The van der Waals surface area contributed by atoms with Gasteiger partial charge in [-0.15, -0.1) is 13.2 Å². The van der Waals surface area contributed by atoms with Crippen molar-refractivity contribution >= 4 is 27.5 Å². The van der Waals surface area contributed by atoms with Crippen molar-refractivity contribution in [3.8, 4) is 5.75 Å². The topological polar surface area (TPSA) is 38.3 Å². The lowest BCUT2D eigenvalue weighted by Crippen LogP contribution is -2.17. The number of halogens is 5. The Bertz CT molecular complexity index is 666. The molecule has 8 heteroatoms. The van der Waals surface area contributed by atoms with Crippen LogP contribution < -0.4 is 10.1 Å². The van der Waals surface area contributed by atoms with Gasteiger partial charge >= 0.3 is 6.36 Å². The molecule has 0 aliphatic carbocycles. The summed E-state index contributed by atoms with van der Waals surface area (Å²) in [7, 11) is 0. The standard InChI is InChI=1S/C14H8BrF4NO2/c15-9-5-8(6-10(16)7-9)13(21)20-11-1-3-12(4-2-11)22-14(17,18)19/h1-7H,(H,20,21). The van der Waals surface area contributed by atoms with Gasteiger partial charge < -0.3 is 10.1 Å². The zero-order valence-corrected chi connectivity index (χ0v) is 12.3. The Kier molecular flexibility index (Phi) is 4.70. The van der Waals surface area contributed by atoms with Crippen molar-refractivity contribution in [1.29, 1.82) is 0 Å². The molecule has 0 saturated carbocycles. The Morgan fingerprint density at radius 3 is 2.27 bits per heavy atom. The lowest BCUT2D eigenvalue weighted by molar-refractivity contribution is -0.274. The first kappa shape index (κ1) is 16.3. The highest BCUT2D eigenvalue weighted by Gasteiger charge is 2.30. The summed E-state index contributed by atoms with van der Waals surface area (Å²) in [5.74, 6) is -1.59. The van der Waals surface area contributed by atoms with E-state index in [0.717, 1.165) is 18.2 Å². The van der Waals surface area contributed by atoms with Gasteiger partial charge in [0.05, 0.1) is 0 Å². The van der Waals surface area contributed by atoms with E-state index < -0.39 is 23.8 Å². The number of hydrogen-bond acceptors (Lipinski definition) is 2. The molecule has 0 spiro atoms. The molecule has 0 aliphatic heterocycles. The second-order valence-electron chi connectivity index (χ2n) is 4.18. The number of benzene rings is 2. The highest BCUT2D eigenvalue weighted by Crippen LogP contribution is 2.24. The third kappa shape index (κ3) is 4.73. The van der Waals surface area contributed by atoms with Gasteiger partial charge in [-0.25, -0.2) is 4.39 Å². The summed E-state index contributed by atoms with van der Waals surface area (Å²) < 4.78 is 53.4. The molecule has 0 atom stereocenters. The smallest absolute Gasteiger partial charge is 0.406 e. The maximum Gasteiger partial charge on any atom is 0.573 e. The molecular formula is C14H8BrF4NO2. The first-order valence-corrected chi connectivity index (χ1v) is 6.65. The van der Waals surface area contributed by atoms with Crippen LogP contribution in [0, 0.1) is 5.82 Å². The van der Waals surface area contributed by atoms with Gasteiger partial charge in [0.2, 0.25) is 0 Å². The predicted octanol–water partition coefficient (Wildman–Crippen LogP) is 4.74. The first-order valence-electron chi connectivity index (χ1n) is 5.86. The lowest BCUT2D eigenvalue weighted by Gasteiger charge is -2.10. The third-order valence-electron chi connectivity index (χ3n) is 2.47. The minimum absolute atomic E-state index is 0.0718. The number of hydrogen-bond donors (Lipinski definition) is 1. The van der Waals surface area contributed by atoms with Gasteiger partial charge in [-0.3, -0.25) is 4.79 Å². The van der Waals surface area contributed by atoms with Crippen LogP contribution in [0.25, 0.3) is 0 Å². The van der Waals surface area contributed by atoms with Gasteiger partial charge in [0.25, 0.3) is 5.91 Å². The molecule has 0 radical (unpaired) electrons. The maximum absolute atomic E-state index is 13.2. The summed E-state index contributed by atoms with van der Waals surface area (Å²) in [5, 5.41) is 2.44. The highest BCUT2D eigenvalue weighted by molar-refractivity contribution is 9.10. The largest absolute Gasteiger partial charge is 0.573 e. The number of ether oxygens (including phenoxy) is 1. The minimum Gasteiger partial charge on any atom is -0.406 e. The summed E-state index contributed by atoms with van der Waals surface area (Å²) in [5.41, 5.74) is 0.322. The second-order valence-corrected chi connectivity index (χ2v) is 5.10. The second kappa shape index (κ2) is 6.35. The van der Waals surface area contributed by atoms with Crippen molar-refractivity contribution in [2.24, 2.45) is 0 Å². The fraction of sp³-hybridized carbons (Fsp3) is 0.0714. The lowest BCUT2D eigenvalue weighted by atomic mass is 10.2. The van der Waals surface area contributed by atoms with Crippen molar-refractivity contribution in [3.63, 3.8) is 0 Å². The van der Waals surface area contributed by atoms with Gasteiger partial charge in [-0.05, 0) is 42.5 Å². The van der Waals surface area contributed by atoms with Gasteiger partial charge in [0, 0.05) is 15.7 Å². The van der Waals surface area contributed by atoms with Crippen LogP contribution in [0.5, 0.6) is 5.75 Å². The van der Waals surface area contributed by atoms with E-state index in [1.165, 1.54) is 24.3 Å². The molecule has 2 aromatic carbocycles. The van der Waals surface area contributed by atoms with E-state index in [2.05, 4.69) is 26.0 Å². The summed E-state index contributed by atoms with van der Waals surface area (Å²) in [6, 6.07) is 8.26. The minimum atomic E-state index is -4.78. The van der Waals surface area contributed by atoms with E-state index in [0.29, 0.717) is 4.47 Å². The van der Waals surface area contributed by atoms with Gasteiger partial charge in [0.1, 0.15) is 11.6 Å². The van der Waals surface area contributed by atoms with Crippen molar-refractivity contribution in [1.82, 2.24) is 0 Å². The molecule has 2 aromatic rings. The van der Waals surface area contributed by atoms with Crippen LogP contribution in [0.3, 0.4) is 0 Å². The fourth-order valence-corrected chi connectivity index (χ4v) is 2.09. The quantitative estimate of drug-likeness (QED) is 0.784. The number of nitrogens with one attached hydrogen (secondary N) is 1. The normalized spacial score (nSPS) is 11.1. The summed E-state index contributed by atoms with van der Waals surface area (Å²) in [6.07, 6.45) is -4.78. The summed E-state index contributed by atoms with van der Waals surface area (Å²) in [6.45, 7) is 0. The van der Waals surface area contributed by atoms with Crippen LogP contribution in [0.1, 0.15) is 10.4 Å². The average Bonchev–Trinajstić information content (AvgIpc) is 2.38. The molecular weight excluding hydrogens is 370 g/mol. The molecule has 0 saturated heterocycles. The molecule has 0 unspecified atom stereocenters. The predicted molar refractivity (Wildman–Crippen MR) is 75.2 cm³/mol. The van der Waals surface area contributed by atoms with Gasteiger partial charge in [-0.1, -0.05) is 15.9 Å². The summed E-state index contributed by atoms with van der Waals surface area (Å²) in [4.78, 5) is 11.9. The Hall–Kier alpha value is -2.09. The Morgan fingerprint density at radius 1 is 1.09 bits per heavy atom. The van der Waals surface area contributed by atoms with Gasteiger partial charge in [-0.2, -0.15) is 0 Å². The number of anilines is 1. The van der Waals surface area contributed by atoms with Crippen LogP contribution in [0.4, 0.5) is 23.2 Å². The monoisotopic (exact) mass is 377 g/mol. The van der Waals surface area contributed by atoms with Crippen LogP contribution in [0.2, 0.25) is 0 Å². The maximum atomic E-state index is 13.2. The van der Waals surface area contributed by atoms with E-state index in [9.17, 15) is 22.4 Å². The van der Waals surface area contributed by atoms with Crippen LogP contribution >= 0.6 is 15.9 Å². The number of alkyl halides is 3. The van der Waals surface area contributed by atoms with Gasteiger partial charge in [0.15, 0.2) is 0 Å². The molecule has 1 N–H and O–H groups in total. The van der Waals surface area contributed by atoms with E-state index in [4.69, 9.17) is 0 Å². The van der Waals surface area contributed by atoms with E-state index in [-0.39, 0.29) is 11.3 Å². The number of rotatable bonds is 3. The summed E-state index contributed by atoms with van der Waals surface area (Å²) >= 11 is 3.06. The zero-order chi connectivity index (χ0) is 16.3. The molecule has 0 aromatic heterocycles. The Balaban J connectivity index is 2.08. The van der Waals surface area contributed by atoms with Crippen LogP contribution in [0.15, 0.2) is 46.9 Å². The molecule has 1 amide bonds. The van der Waals surface area contributed by atoms with Crippen molar-refractivity contribution < 1.29 is 27.1 Å². The average molecular weight is 378 g/mol.